The highest BCUT2D eigenvalue weighted by Gasteiger charge is 2.45. The number of carbonyl (C=O) groups is 4. The molecule has 1 aliphatic carbocycles. The monoisotopic (exact) mass is 518 g/mol. The molecule has 1 saturated carbocycles. The van der Waals surface area contributed by atoms with Crippen LogP contribution in [0.5, 0.6) is 0 Å². The third kappa shape index (κ3) is 11.3. The minimum atomic E-state index is -0.212. The predicted octanol–water partition coefficient (Wildman–Crippen LogP) is 6.46. The van der Waals surface area contributed by atoms with Crippen molar-refractivity contribution in [3.63, 3.8) is 0 Å². The van der Waals surface area contributed by atoms with Crippen molar-refractivity contribution in [1.82, 2.24) is 10.2 Å². The predicted molar refractivity (Wildman–Crippen MR) is 149 cm³/mol. The normalized spacial score (nSPS) is 23.0. The largest absolute Gasteiger partial charge is 0.356 e. The Balaban J connectivity index is 1.52. The number of hydrogen-bond acceptors (Lipinski definition) is 4. The maximum atomic E-state index is 12.8. The summed E-state index contributed by atoms with van der Waals surface area (Å²) in [6.45, 7) is 14.1. The highest BCUT2D eigenvalue weighted by atomic mass is 16.2. The van der Waals surface area contributed by atoms with E-state index in [9.17, 15) is 19.2 Å². The van der Waals surface area contributed by atoms with Crippen LogP contribution >= 0.6 is 0 Å². The van der Waals surface area contributed by atoms with Gasteiger partial charge < -0.3 is 5.32 Å². The first-order valence-electron chi connectivity index (χ1n) is 14.9. The summed E-state index contributed by atoms with van der Waals surface area (Å²) >= 11 is 0. The van der Waals surface area contributed by atoms with Crippen LogP contribution in [0.25, 0.3) is 0 Å². The highest BCUT2D eigenvalue weighted by Crippen LogP contribution is 2.37. The molecule has 0 spiro atoms. The fourth-order valence-corrected chi connectivity index (χ4v) is 5.72. The van der Waals surface area contributed by atoms with E-state index in [-0.39, 0.29) is 35.0 Å². The molecule has 2 rings (SSSR count). The quantitative estimate of drug-likeness (QED) is 0.211. The van der Waals surface area contributed by atoms with E-state index in [1.165, 1.54) is 11.3 Å². The molecule has 0 bridgehead atoms. The average Bonchev–Trinajstić information content (AvgIpc) is 3.09. The Bertz CT molecular complexity index is 769. The second kappa shape index (κ2) is 14.4. The fraction of sp³-hybridized carbons (Fsp3) is 0.871. The molecule has 3 amide bonds. The molecule has 2 fully saturated rings. The number of likely N-dealkylation sites (tertiary alicyclic amines) is 1. The minimum Gasteiger partial charge on any atom is -0.356 e. The van der Waals surface area contributed by atoms with E-state index < -0.39 is 0 Å². The van der Waals surface area contributed by atoms with Gasteiger partial charge in [-0.1, -0.05) is 60.8 Å². The van der Waals surface area contributed by atoms with Crippen LogP contribution in [0.1, 0.15) is 131 Å². The molecular formula is C31H54N2O4. The maximum Gasteiger partial charge on any atom is 0.233 e. The van der Waals surface area contributed by atoms with Crippen molar-refractivity contribution in [2.75, 3.05) is 13.1 Å². The lowest BCUT2D eigenvalue weighted by atomic mass is 9.78. The smallest absolute Gasteiger partial charge is 0.233 e. The molecule has 1 N–H and O–H groups in total. The molecule has 0 aromatic heterocycles. The lowest BCUT2D eigenvalue weighted by Gasteiger charge is -2.31. The van der Waals surface area contributed by atoms with Crippen molar-refractivity contribution >= 4 is 23.5 Å². The number of rotatable bonds is 14. The van der Waals surface area contributed by atoms with Crippen molar-refractivity contribution in [1.29, 1.82) is 0 Å². The SMILES string of the molecule is CC(C)(C)CCCCNC(=O)CCCCCCC(=O)C1CCC(CN2C(=O)CC(C(C)(C)C)C2=O)CC1. The number of amides is 3. The van der Waals surface area contributed by atoms with Gasteiger partial charge >= 0.3 is 0 Å². The lowest BCUT2D eigenvalue weighted by molar-refractivity contribution is -0.141. The molecule has 37 heavy (non-hydrogen) atoms. The molecule has 6 heteroatoms. The summed E-state index contributed by atoms with van der Waals surface area (Å²) < 4.78 is 0. The third-order valence-electron chi connectivity index (χ3n) is 8.28. The van der Waals surface area contributed by atoms with Gasteiger partial charge in [0.05, 0.1) is 5.92 Å². The number of ketones is 1. The summed E-state index contributed by atoms with van der Waals surface area (Å²) in [5, 5.41) is 3.03. The van der Waals surface area contributed by atoms with Gasteiger partial charge in [0.2, 0.25) is 17.7 Å². The molecule has 0 aromatic carbocycles. The Labute approximate surface area is 226 Å². The lowest BCUT2D eigenvalue weighted by Crippen LogP contribution is -2.38. The van der Waals surface area contributed by atoms with Crippen LogP contribution in [0, 0.1) is 28.6 Å². The van der Waals surface area contributed by atoms with Crippen LogP contribution in [-0.4, -0.2) is 41.5 Å². The summed E-state index contributed by atoms with van der Waals surface area (Å²) in [5.74, 6) is 0.715. The van der Waals surface area contributed by atoms with E-state index >= 15 is 0 Å². The van der Waals surface area contributed by atoms with Crippen molar-refractivity contribution in [2.45, 2.75) is 131 Å². The van der Waals surface area contributed by atoms with E-state index in [1.54, 1.807) is 0 Å². The Morgan fingerprint density at radius 3 is 2.03 bits per heavy atom. The van der Waals surface area contributed by atoms with Crippen LogP contribution in [0.15, 0.2) is 0 Å². The first kappa shape index (κ1) is 31.5. The van der Waals surface area contributed by atoms with Crippen molar-refractivity contribution in [2.24, 2.45) is 28.6 Å². The molecule has 0 aromatic rings. The summed E-state index contributed by atoms with van der Waals surface area (Å²) in [6, 6.07) is 0. The zero-order valence-corrected chi connectivity index (χ0v) is 24.6. The summed E-state index contributed by atoms with van der Waals surface area (Å²) in [7, 11) is 0. The Kier molecular flexibility index (Phi) is 12.3. The zero-order chi connectivity index (χ0) is 27.6. The third-order valence-corrected chi connectivity index (χ3v) is 8.28. The molecule has 0 radical (unpaired) electrons. The second-order valence-corrected chi connectivity index (χ2v) is 13.9. The number of imide groups is 1. The average molecular weight is 519 g/mol. The second-order valence-electron chi connectivity index (χ2n) is 13.9. The Hall–Kier alpha value is -1.72. The van der Waals surface area contributed by atoms with Crippen LogP contribution in [-0.2, 0) is 19.2 Å². The van der Waals surface area contributed by atoms with Crippen LogP contribution in [0.2, 0.25) is 0 Å². The number of carbonyl (C=O) groups excluding carboxylic acids is 4. The number of nitrogens with zero attached hydrogens (tertiary/aromatic N) is 1. The molecule has 1 saturated heterocycles. The number of hydrogen-bond donors (Lipinski definition) is 1. The minimum absolute atomic E-state index is 0.00993. The Morgan fingerprint density at radius 2 is 1.46 bits per heavy atom. The van der Waals surface area contributed by atoms with Crippen LogP contribution in [0.4, 0.5) is 0 Å². The summed E-state index contributed by atoms with van der Waals surface area (Å²) in [4.78, 5) is 51.4. The number of unbranched alkanes of at least 4 members (excludes halogenated alkanes) is 4. The van der Waals surface area contributed by atoms with Crippen LogP contribution < -0.4 is 5.32 Å². The highest BCUT2D eigenvalue weighted by molar-refractivity contribution is 6.03. The standard InChI is InChI=1S/C31H54N2O4/c1-30(2,3)19-11-12-20-32-27(35)14-10-8-7-9-13-26(34)24-17-15-23(16-18-24)22-33-28(36)21-25(29(33)37)31(4,5)6/h23-25H,7-22H2,1-6H3,(H,32,35). The van der Waals surface area contributed by atoms with Gasteiger partial charge in [-0.05, 0) is 68.1 Å². The van der Waals surface area contributed by atoms with E-state index in [0.29, 0.717) is 42.9 Å². The van der Waals surface area contributed by atoms with E-state index in [1.807, 2.05) is 20.8 Å². The molecule has 1 unspecified atom stereocenters. The first-order chi connectivity index (χ1) is 17.3. The molecule has 2 aliphatic rings. The molecule has 6 nitrogen and oxygen atoms in total. The Morgan fingerprint density at radius 1 is 0.838 bits per heavy atom. The van der Waals surface area contributed by atoms with Gasteiger partial charge in [0, 0.05) is 38.3 Å². The molecule has 1 aliphatic heterocycles. The van der Waals surface area contributed by atoms with Crippen molar-refractivity contribution < 1.29 is 19.2 Å². The summed E-state index contributed by atoms with van der Waals surface area (Å²) in [6.07, 6.45) is 12.3. The van der Waals surface area contributed by atoms with Gasteiger partial charge in [-0.2, -0.15) is 0 Å². The summed E-state index contributed by atoms with van der Waals surface area (Å²) in [5.41, 5.74) is 0.168. The molecule has 1 atom stereocenters. The molecule has 212 valence electrons. The van der Waals surface area contributed by atoms with Gasteiger partial charge in [0.25, 0.3) is 0 Å². The van der Waals surface area contributed by atoms with E-state index in [4.69, 9.17) is 0 Å². The number of nitrogens with one attached hydrogen (secondary N) is 1. The van der Waals surface area contributed by atoms with E-state index in [2.05, 4.69) is 26.1 Å². The van der Waals surface area contributed by atoms with Gasteiger partial charge in [-0.15, -0.1) is 0 Å². The van der Waals surface area contributed by atoms with Gasteiger partial charge in [0.15, 0.2) is 0 Å². The van der Waals surface area contributed by atoms with Gasteiger partial charge in [-0.3, -0.25) is 24.1 Å². The van der Waals surface area contributed by atoms with Crippen LogP contribution in [0.3, 0.4) is 0 Å². The number of Topliss-reactive ketones (excluding diaryl/α,β-unsaturated/α-hetero) is 1. The van der Waals surface area contributed by atoms with E-state index in [0.717, 1.165) is 70.8 Å². The van der Waals surface area contributed by atoms with Gasteiger partial charge in [0.1, 0.15) is 5.78 Å². The fourth-order valence-electron chi connectivity index (χ4n) is 5.72. The first-order valence-corrected chi connectivity index (χ1v) is 14.9. The van der Waals surface area contributed by atoms with Gasteiger partial charge in [-0.25, -0.2) is 0 Å². The maximum absolute atomic E-state index is 12.8. The van der Waals surface area contributed by atoms with Crippen molar-refractivity contribution in [3.8, 4) is 0 Å². The zero-order valence-electron chi connectivity index (χ0n) is 24.6. The molecular weight excluding hydrogens is 464 g/mol. The van der Waals surface area contributed by atoms with Crippen molar-refractivity contribution in [3.05, 3.63) is 0 Å². The molecule has 1 heterocycles. The topological polar surface area (TPSA) is 83.6 Å².